The number of nitrogens with zero attached hydrogens (tertiary/aromatic N) is 3. The lowest BCUT2D eigenvalue weighted by molar-refractivity contribution is 0.397. The largest absolute Gasteiger partial charge is 0.332 e. The van der Waals surface area contributed by atoms with Gasteiger partial charge in [0.05, 0.1) is 6.20 Å². The van der Waals surface area contributed by atoms with Gasteiger partial charge in [-0.1, -0.05) is 0 Å². The first-order chi connectivity index (χ1) is 9.57. The van der Waals surface area contributed by atoms with Crippen LogP contribution in [0, 0.1) is 6.92 Å². The van der Waals surface area contributed by atoms with E-state index < -0.39 is 10.0 Å². The minimum absolute atomic E-state index is 0.0942. The molecule has 1 fully saturated rings. The highest BCUT2D eigenvalue weighted by molar-refractivity contribution is 7.89. The zero-order valence-corrected chi connectivity index (χ0v) is 12.0. The molecular formula is C13H16N4O2S. The van der Waals surface area contributed by atoms with Crippen LogP contribution < -0.4 is 0 Å². The first-order valence-electron chi connectivity index (χ1n) is 6.50. The molecule has 0 bridgehead atoms. The molecule has 1 saturated carbocycles. The van der Waals surface area contributed by atoms with Gasteiger partial charge in [-0.2, -0.15) is 4.31 Å². The van der Waals surface area contributed by atoms with E-state index in [9.17, 15) is 8.42 Å². The molecular weight excluding hydrogens is 276 g/mol. The Labute approximate surface area is 117 Å². The standard InChI is InChI=1S/C13H16N4O2S/c1-10-15-8-13(16-10)20(18,19)17(12-2-3-12)9-11-4-6-14-7-5-11/h4-8,12H,2-3,9H2,1H3,(H,15,16). The van der Waals surface area contributed by atoms with E-state index in [1.165, 1.54) is 6.20 Å². The van der Waals surface area contributed by atoms with E-state index in [-0.39, 0.29) is 11.1 Å². The second kappa shape index (κ2) is 4.99. The zero-order chi connectivity index (χ0) is 14.2. The van der Waals surface area contributed by atoms with Gasteiger partial charge in [-0.15, -0.1) is 0 Å². The predicted octanol–water partition coefficient (Wildman–Crippen LogP) is 1.47. The van der Waals surface area contributed by atoms with Crippen molar-refractivity contribution in [2.45, 2.75) is 37.4 Å². The summed E-state index contributed by atoms with van der Waals surface area (Å²) in [4.78, 5) is 10.7. The van der Waals surface area contributed by atoms with Gasteiger partial charge in [0.25, 0.3) is 10.0 Å². The molecule has 7 heteroatoms. The number of imidazole rings is 1. The number of sulfonamides is 1. The van der Waals surface area contributed by atoms with Gasteiger partial charge in [-0.25, -0.2) is 13.4 Å². The number of aromatic amines is 1. The number of H-pyrrole nitrogens is 1. The molecule has 0 atom stereocenters. The van der Waals surface area contributed by atoms with Crippen molar-refractivity contribution in [3.63, 3.8) is 0 Å². The van der Waals surface area contributed by atoms with Crippen molar-refractivity contribution in [2.24, 2.45) is 0 Å². The van der Waals surface area contributed by atoms with Crippen LogP contribution in [0.3, 0.4) is 0 Å². The van der Waals surface area contributed by atoms with E-state index in [1.54, 1.807) is 23.6 Å². The predicted molar refractivity (Wildman–Crippen MR) is 73.3 cm³/mol. The normalized spacial score (nSPS) is 15.7. The monoisotopic (exact) mass is 292 g/mol. The maximum absolute atomic E-state index is 12.7. The number of hydrogen-bond donors (Lipinski definition) is 1. The van der Waals surface area contributed by atoms with Crippen molar-refractivity contribution in [3.05, 3.63) is 42.1 Å². The molecule has 0 radical (unpaired) electrons. The molecule has 0 aliphatic heterocycles. The van der Waals surface area contributed by atoms with Crippen molar-refractivity contribution in [2.75, 3.05) is 0 Å². The zero-order valence-electron chi connectivity index (χ0n) is 11.2. The summed E-state index contributed by atoms with van der Waals surface area (Å²) in [6.07, 6.45) is 6.56. The summed E-state index contributed by atoms with van der Waals surface area (Å²) >= 11 is 0. The van der Waals surface area contributed by atoms with E-state index >= 15 is 0 Å². The summed E-state index contributed by atoms with van der Waals surface area (Å²) in [7, 11) is -3.52. The molecule has 1 aliphatic rings. The fourth-order valence-electron chi connectivity index (χ4n) is 2.10. The molecule has 0 aromatic carbocycles. The van der Waals surface area contributed by atoms with Crippen LogP contribution in [0.15, 0.2) is 35.7 Å². The summed E-state index contributed by atoms with van der Waals surface area (Å²) in [6, 6.07) is 3.77. The molecule has 0 spiro atoms. The molecule has 6 nitrogen and oxygen atoms in total. The molecule has 1 N–H and O–H groups in total. The quantitative estimate of drug-likeness (QED) is 0.905. The fourth-order valence-corrected chi connectivity index (χ4v) is 3.73. The SMILES string of the molecule is Cc1ncc(S(=O)(=O)N(Cc2ccncc2)C2CC2)[nH]1. The maximum atomic E-state index is 12.7. The molecule has 2 aromatic rings. The third-order valence-electron chi connectivity index (χ3n) is 3.31. The lowest BCUT2D eigenvalue weighted by Gasteiger charge is -2.20. The Hall–Kier alpha value is -1.73. The summed E-state index contributed by atoms with van der Waals surface area (Å²) < 4.78 is 26.9. The van der Waals surface area contributed by atoms with Gasteiger partial charge in [-0.05, 0) is 37.5 Å². The van der Waals surface area contributed by atoms with Gasteiger partial charge in [0.15, 0.2) is 5.03 Å². The highest BCUT2D eigenvalue weighted by atomic mass is 32.2. The number of aromatic nitrogens is 3. The van der Waals surface area contributed by atoms with E-state index in [0.717, 1.165) is 18.4 Å². The van der Waals surface area contributed by atoms with Crippen molar-refractivity contribution in [3.8, 4) is 0 Å². The van der Waals surface area contributed by atoms with E-state index in [0.29, 0.717) is 12.4 Å². The van der Waals surface area contributed by atoms with E-state index in [1.807, 2.05) is 12.1 Å². The van der Waals surface area contributed by atoms with Gasteiger partial charge in [0, 0.05) is 25.0 Å². The second-order valence-electron chi connectivity index (χ2n) is 4.97. The lowest BCUT2D eigenvalue weighted by atomic mass is 10.3. The smallest absolute Gasteiger partial charge is 0.260 e. The molecule has 20 heavy (non-hydrogen) atoms. The van der Waals surface area contributed by atoms with Crippen molar-refractivity contribution in [1.82, 2.24) is 19.3 Å². The number of pyridine rings is 1. The third kappa shape index (κ3) is 2.59. The molecule has 106 valence electrons. The number of nitrogens with one attached hydrogen (secondary N) is 1. The molecule has 2 aromatic heterocycles. The topological polar surface area (TPSA) is 79.0 Å². The summed E-state index contributed by atoms with van der Waals surface area (Å²) in [5.41, 5.74) is 0.937. The Morgan fingerprint density at radius 3 is 2.60 bits per heavy atom. The van der Waals surface area contributed by atoms with Crippen LogP contribution in [0.2, 0.25) is 0 Å². The molecule has 2 heterocycles. The summed E-state index contributed by atoms with van der Waals surface area (Å²) in [6.45, 7) is 2.11. The molecule has 0 amide bonds. The minimum atomic E-state index is -3.52. The van der Waals surface area contributed by atoms with Crippen LogP contribution in [-0.4, -0.2) is 33.7 Å². The first-order valence-corrected chi connectivity index (χ1v) is 7.94. The van der Waals surface area contributed by atoms with Crippen LogP contribution in [0.5, 0.6) is 0 Å². The van der Waals surface area contributed by atoms with Crippen molar-refractivity contribution >= 4 is 10.0 Å². The number of aryl methyl sites for hydroxylation is 1. The van der Waals surface area contributed by atoms with Gasteiger partial charge in [0.1, 0.15) is 5.82 Å². The van der Waals surface area contributed by atoms with E-state index in [2.05, 4.69) is 15.0 Å². The Bertz CT molecular complexity index is 692. The van der Waals surface area contributed by atoms with Crippen LogP contribution in [0.4, 0.5) is 0 Å². The molecule has 1 aliphatic carbocycles. The highest BCUT2D eigenvalue weighted by Crippen LogP contribution is 2.32. The fraction of sp³-hybridized carbons (Fsp3) is 0.385. The average molecular weight is 292 g/mol. The number of rotatable bonds is 5. The molecule has 3 rings (SSSR count). The van der Waals surface area contributed by atoms with Crippen LogP contribution in [-0.2, 0) is 16.6 Å². The van der Waals surface area contributed by atoms with Gasteiger partial charge in [-0.3, -0.25) is 4.98 Å². The van der Waals surface area contributed by atoms with Crippen molar-refractivity contribution in [1.29, 1.82) is 0 Å². The van der Waals surface area contributed by atoms with E-state index in [4.69, 9.17) is 0 Å². The Morgan fingerprint density at radius 2 is 2.05 bits per heavy atom. The van der Waals surface area contributed by atoms with Gasteiger partial charge in [0.2, 0.25) is 0 Å². The highest BCUT2D eigenvalue weighted by Gasteiger charge is 2.38. The summed E-state index contributed by atoms with van der Waals surface area (Å²) in [5.74, 6) is 0.600. The first kappa shape index (κ1) is 13.3. The second-order valence-corrected chi connectivity index (χ2v) is 6.83. The summed E-state index contributed by atoms with van der Waals surface area (Å²) in [5, 5.41) is 0.163. The molecule has 0 unspecified atom stereocenters. The Kier molecular flexibility index (Phi) is 3.31. The molecule has 0 saturated heterocycles. The van der Waals surface area contributed by atoms with Crippen LogP contribution in [0.25, 0.3) is 0 Å². The minimum Gasteiger partial charge on any atom is -0.332 e. The Balaban J connectivity index is 1.91. The van der Waals surface area contributed by atoms with Gasteiger partial charge >= 0.3 is 0 Å². The average Bonchev–Trinajstić information content (AvgIpc) is 3.17. The van der Waals surface area contributed by atoms with Crippen LogP contribution in [0.1, 0.15) is 24.2 Å². The number of hydrogen-bond acceptors (Lipinski definition) is 4. The Morgan fingerprint density at radius 1 is 1.35 bits per heavy atom. The van der Waals surface area contributed by atoms with Crippen LogP contribution >= 0.6 is 0 Å². The van der Waals surface area contributed by atoms with Gasteiger partial charge < -0.3 is 4.98 Å². The van der Waals surface area contributed by atoms with Crippen molar-refractivity contribution < 1.29 is 8.42 Å². The lowest BCUT2D eigenvalue weighted by Crippen LogP contribution is -2.33. The third-order valence-corrected chi connectivity index (χ3v) is 5.12. The maximum Gasteiger partial charge on any atom is 0.260 e.